The minimum Gasteiger partial charge on any atom is -0.392 e. The molecule has 0 aromatic heterocycles. The molecular formula is C10H10O. The average molecular weight is 146 g/mol. The third kappa shape index (κ3) is 0.156. The number of fused-ring (bicyclic) bond motifs is 1. The van der Waals surface area contributed by atoms with Crippen molar-refractivity contribution in [2.75, 3.05) is 6.61 Å². The first-order valence-electron chi connectivity index (χ1n) is 4.69. The maximum atomic E-state index is 9.06. The molecule has 0 aliphatic heterocycles. The predicted octanol–water partition coefficient (Wildman–Crippen LogP) is 0.945. The quantitative estimate of drug-likeness (QED) is 0.546. The third-order valence-corrected chi connectivity index (χ3v) is 5.79. The molecule has 0 aromatic carbocycles. The van der Waals surface area contributed by atoms with E-state index < -0.39 is 0 Å². The van der Waals surface area contributed by atoms with Gasteiger partial charge in [0.05, 0.1) is 6.61 Å². The zero-order valence-corrected chi connectivity index (χ0v) is 6.30. The maximum Gasteiger partial charge on any atom is 0.0645 e. The molecule has 5 atom stereocenters. The predicted molar refractivity (Wildman–Crippen MR) is 38.7 cm³/mol. The van der Waals surface area contributed by atoms with Gasteiger partial charge < -0.3 is 5.11 Å². The lowest BCUT2D eigenvalue weighted by Gasteiger charge is -2.37. The van der Waals surface area contributed by atoms with Crippen LogP contribution in [0.5, 0.6) is 0 Å². The molecule has 4 saturated carbocycles. The fourth-order valence-corrected chi connectivity index (χ4v) is 5.62. The first-order valence-corrected chi connectivity index (χ1v) is 4.69. The van der Waals surface area contributed by atoms with Crippen molar-refractivity contribution in [3.8, 4) is 0 Å². The molecule has 1 nitrogen and oxygen atoms in total. The molecule has 3 spiro atoms. The number of rotatable bonds is 1. The molecule has 0 bridgehead atoms. The molecule has 0 heterocycles. The Balaban J connectivity index is 1.82. The van der Waals surface area contributed by atoms with Gasteiger partial charge in [-0.05, 0) is 41.1 Å². The summed E-state index contributed by atoms with van der Waals surface area (Å²) in [6, 6.07) is 0. The first-order chi connectivity index (χ1) is 5.37. The van der Waals surface area contributed by atoms with E-state index in [1.165, 1.54) is 18.4 Å². The molecule has 5 aliphatic rings. The normalized spacial score (nSPS) is 82.5. The molecule has 5 aliphatic carbocycles. The van der Waals surface area contributed by atoms with Crippen LogP contribution in [0.1, 0.15) is 12.8 Å². The van der Waals surface area contributed by atoms with Crippen molar-refractivity contribution in [2.24, 2.45) is 28.1 Å². The summed E-state index contributed by atoms with van der Waals surface area (Å²) in [5, 5.41) is 9.06. The Morgan fingerprint density at radius 3 is 2.91 bits per heavy atom. The van der Waals surface area contributed by atoms with Crippen molar-refractivity contribution < 1.29 is 5.11 Å². The van der Waals surface area contributed by atoms with Gasteiger partial charge in [-0.25, -0.2) is 0 Å². The van der Waals surface area contributed by atoms with Gasteiger partial charge in [-0.15, -0.1) is 0 Å². The topological polar surface area (TPSA) is 20.2 Å². The largest absolute Gasteiger partial charge is 0.392 e. The van der Waals surface area contributed by atoms with E-state index in [9.17, 15) is 0 Å². The van der Waals surface area contributed by atoms with Crippen LogP contribution in [0.4, 0.5) is 0 Å². The molecule has 1 N–H and O–H groups in total. The Morgan fingerprint density at radius 1 is 1.55 bits per heavy atom. The molecule has 4 fully saturated rings. The van der Waals surface area contributed by atoms with Crippen molar-refractivity contribution in [3.63, 3.8) is 0 Å². The van der Waals surface area contributed by atoms with Gasteiger partial charge in [0.25, 0.3) is 0 Å². The summed E-state index contributed by atoms with van der Waals surface area (Å²) in [7, 11) is 0. The summed E-state index contributed by atoms with van der Waals surface area (Å²) < 4.78 is 0. The van der Waals surface area contributed by atoms with E-state index in [1.54, 1.807) is 0 Å². The van der Waals surface area contributed by atoms with Gasteiger partial charge in [-0.1, -0.05) is 6.08 Å². The van der Waals surface area contributed by atoms with E-state index in [0.29, 0.717) is 12.0 Å². The molecular weight excluding hydrogens is 136 g/mol. The molecule has 11 heavy (non-hydrogen) atoms. The van der Waals surface area contributed by atoms with E-state index in [1.807, 2.05) is 0 Å². The van der Waals surface area contributed by atoms with Crippen LogP contribution in [-0.2, 0) is 0 Å². The van der Waals surface area contributed by atoms with Crippen LogP contribution in [0.15, 0.2) is 11.6 Å². The van der Waals surface area contributed by atoms with Gasteiger partial charge in [-0.3, -0.25) is 0 Å². The minimum absolute atomic E-state index is 0.348. The minimum atomic E-state index is 0.348. The standard InChI is InChI=1S/C10H10O/c11-4-5-3-8-1-2-9(8)7-6(5)10(7,8)9/h3,6-7,11H,1-2,4H2/t6?,7-,8+,9?,10?/m1/s1. The van der Waals surface area contributed by atoms with Gasteiger partial charge in [0.15, 0.2) is 0 Å². The number of aliphatic hydroxyl groups is 1. The van der Waals surface area contributed by atoms with E-state index in [0.717, 1.165) is 22.7 Å². The van der Waals surface area contributed by atoms with Gasteiger partial charge >= 0.3 is 0 Å². The Hall–Kier alpha value is -0.300. The van der Waals surface area contributed by atoms with Crippen molar-refractivity contribution >= 4 is 0 Å². The van der Waals surface area contributed by atoms with Crippen LogP contribution in [0.3, 0.4) is 0 Å². The van der Waals surface area contributed by atoms with Crippen molar-refractivity contribution in [3.05, 3.63) is 11.6 Å². The second-order valence-electron chi connectivity index (χ2n) is 5.14. The molecule has 5 rings (SSSR count). The van der Waals surface area contributed by atoms with Crippen LogP contribution in [-0.4, -0.2) is 11.7 Å². The summed E-state index contributed by atoms with van der Waals surface area (Å²) in [5.74, 6) is 1.96. The summed E-state index contributed by atoms with van der Waals surface area (Å²) in [5.41, 5.74) is 3.80. The van der Waals surface area contributed by atoms with Crippen molar-refractivity contribution in [1.82, 2.24) is 0 Å². The molecule has 0 saturated heterocycles. The number of hydrogen-bond acceptors (Lipinski definition) is 1. The fraction of sp³-hybridized carbons (Fsp3) is 0.800. The van der Waals surface area contributed by atoms with Gasteiger partial charge in [0.1, 0.15) is 0 Å². The van der Waals surface area contributed by atoms with Crippen LogP contribution < -0.4 is 0 Å². The molecule has 0 amide bonds. The third-order valence-electron chi connectivity index (χ3n) is 5.79. The van der Waals surface area contributed by atoms with E-state index in [-0.39, 0.29) is 0 Å². The highest BCUT2D eigenvalue weighted by atomic mass is 16.3. The highest BCUT2D eigenvalue weighted by molar-refractivity contribution is 5.76. The van der Waals surface area contributed by atoms with Crippen LogP contribution >= 0.6 is 0 Å². The average Bonchev–Trinajstić information content (AvgIpc) is 2.82. The lowest BCUT2D eigenvalue weighted by Crippen LogP contribution is -2.30. The Kier molecular flexibility index (Phi) is 0.330. The maximum absolute atomic E-state index is 9.06. The van der Waals surface area contributed by atoms with Gasteiger partial charge in [-0.2, -0.15) is 0 Å². The van der Waals surface area contributed by atoms with Crippen LogP contribution in [0, 0.1) is 28.1 Å². The highest BCUT2D eigenvalue weighted by Gasteiger charge is 3.22. The van der Waals surface area contributed by atoms with E-state index >= 15 is 0 Å². The molecule has 0 radical (unpaired) electrons. The highest BCUT2D eigenvalue weighted by Crippen LogP contribution is 3.25. The molecule has 3 unspecified atom stereocenters. The smallest absolute Gasteiger partial charge is 0.0645 e. The number of allylic oxidation sites excluding steroid dienone is 1. The van der Waals surface area contributed by atoms with Gasteiger partial charge in [0, 0.05) is 5.41 Å². The summed E-state index contributed by atoms with van der Waals surface area (Å²) in [4.78, 5) is 0. The second kappa shape index (κ2) is 0.779. The lowest BCUT2D eigenvalue weighted by molar-refractivity contribution is 0.177. The van der Waals surface area contributed by atoms with Crippen molar-refractivity contribution in [2.45, 2.75) is 12.8 Å². The van der Waals surface area contributed by atoms with Crippen LogP contribution in [0.25, 0.3) is 0 Å². The Morgan fingerprint density at radius 2 is 2.45 bits per heavy atom. The number of hydrogen-bond donors (Lipinski definition) is 1. The summed E-state index contributed by atoms with van der Waals surface area (Å²) in [6.07, 6.45) is 5.41. The van der Waals surface area contributed by atoms with Crippen molar-refractivity contribution in [1.29, 1.82) is 0 Å². The molecule has 0 aromatic rings. The lowest BCUT2D eigenvalue weighted by atomic mass is 9.67. The Labute approximate surface area is 65.1 Å². The number of aliphatic hydroxyl groups excluding tert-OH is 1. The zero-order chi connectivity index (χ0) is 7.06. The second-order valence-corrected chi connectivity index (χ2v) is 5.14. The molecule has 1 heteroatoms. The monoisotopic (exact) mass is 146 g/mol. The zero-order valence-electron chi connectivity index (χ0n) is 6.30. The van der Waals surface area contributed by atoms with E-state index in [4.69, 9.17) is 5.11 Å². The summed E-state index contributed by atoms with van der Waals surface area (Å²) in [6.45, 7) is 0.348. The summed E-state index contributed by atoms with van der Waals surface area (Å²) >= 11 is 0. The van der Waals surface area contributed by atoms with Gasteiger partial charge in [0.2, 0.25) is 0 Å². The SMILES string of the molecule is OCC1=C[C@@]23CCC24[C@H]2C1C243. The first kappa shape index (κ1) is 4.66. The molecule has 56 valence electrons. The van der Waals surface area contributed by atoms with Crippen LogP contribution in [0.2, 0.25) is 0 Å². The fourth-order valence-electron chi connectivity index (χ4n) is 5.62. The van der Waals surface area contributed by atoms with E-state index in [2.05, 4.69) is 6.08 Å². The Bertz CT molecular complexity index is 358.